The molecule has 0 amide bonds. The molecule has 112 valence electrons. The van der Waals surface area contributed by atoms with Crippen LogP contribution in [-0.2, 0) is 12.0 Å². The molecule has 1 N–H and O–H groups in total. The third-order valence-corrected chi connectivity index (χ3v) is 4.76. The number of nitro groups is 1. The molecule has 0 bridgehead atoms. The van der Waals surface area contributed by atoms with Crippen LogP contribution >= 0.6 is 22.9 Å². The van der Waals surface area contributed by atoms with Crippen LogP contribution in [0.1, 0.15) is 30.5 Å². The Balaban J connectivity index is 2.15. The van der Waals surface area contributed by atoms with E-state index in [0.717, 1.165) is 4.88 Å². The summed E-state index contributed by atoms with van der Waals surface area (Å²) >= 11 is 7.62. The van der Waals surface area contributed by atoms with Gasteiger partial charge < -0.3 is 5.32 Å². The molecule has 1 heterocycles. The highest BCUT2D eigenvalue weighted by atomic mass is 35.5. The van der Waals surface area contributed by atoms with Crippen molar-refractivity contribution >= 4 is 34.3 Å². The van der Waals surface area contributed by atoms with Gasteiger partial charge in [-0.1, -0.05) is 32.4 Å². The van der Waals surface area contributed by atoms with Crippen LogP contribution in [0.25, 0.3) is 0 Å². The summed E-state index contributed by atoms with van der Waals surface area (Å²) < 4.78 is 0. The van der Waals surface area contributed by atoms with Crippen LogP contribution in [0.15, 0.2) is 30.3 Å². The van der Waals surface area contributed by atoms with E-state index in [1.807, 2.05) is 0 Å². The lowest BCUT2D eigenvalue weighted by molar-refractivity contribution is -0.384. The lowest BCUT2D eigenvalue weighted by Crippen LogP contribution is -2.07. The summed E-state index contributed by atoms with van der Waals surface area (Å²) in [4.78, 5) is 13.0. The van der Waals surface area contributed by atoms with Gasteiger partial charge in [-0.15, -0.1) is 11.3 Å². The van der Waals surface area contributed by atoms with Gasteiger partial charge in [0.15, 0.2) is 0 Å². The summed E-state index contributed by atoms with van der Waals surface area (Å²) in [6.07, 6.45) is 0. The number of hydrogen-bond acceptors (Lipinski definition) is 4. The summed E-state index contributed by atoms with van der Waals surface area (Å²) in [6, 6.07) is 8.67. The van der Waals surface area contributed by atoms with Crippen molar-refractivity contribution in [2.24, 2.45) is 0 Å². The van der Waals surface area contributed by atoms with Crippen LogP contribution in [0.3, 0.4) is 0 Å². The highest BCUT2D eigenvalue weighted by Crippen LogP contribution is 2.31. The maximum absolute atomic E-state index is 11.0. The van der Waals surface area contributed by atoms with Crippen molar-refractivity contribution in [3.05, 3.63) is 55.2 Å². The van der Waals surface area contributed by atoms with Crippen molar-refractivity contribution in [1.29, 1.82) is 0 Å². The van der Waals surface area contributed by atoms with Crippen LogP contribution in [0.5, 0.6) is 0 Å². The zero-order valence-corrected chi connectivity index (χ0v) is 13.7. The average Bonchev–Trinajstić information content (AvgIpc) is 2.84. The van der Waals surface area contributed by atoms with Gasteiger partial charge in [-0.25, -0.2) is 0 Å². The van der Waals surface area contributed by atoms with E-state index < -0.39 is 4.92 Å². The Morgan fingerprint density at radius 3 is 2.57 bits per heavy atom. The zero-order valence-electron chi connectivity index (χ0n) is 12.1. The molecule has 2 aromatic rings. The monoisotopic (exact) mass is 324 g/mol. The van der Waals surface area contributed by atoms with Crippen molar-refractivity contribution in [3.8, 4) is 0 Å². The first kappa shape index (κ1) is 15.8. The molecule has 0 saturated heterocycles. The predicted molar refractivity (Wildman–Crippen MR) is 88.5 cm³/mol. The number of benzene rings is 1. The first-order valence-corrected chi connectivity index (χ1v) is 7.74. The largest absolute Gasteiger partial charge is 0.375 e. The van der Waals surface area contributed by atoms with Crippen LogP contribution in [0.2, 0.25) is 5.02 Å². The molecule has 0 aliphatic rings. The van der Waals surface area contributed by atoms with Gasteiger partial charge in [-0.2, -0.15) is 0 Å². The highest BCUT2D eigenvalue weighted by Gasteiger charge is 2.17. The first-order chi connectivity index (χ1) is 9.77. The standard InChI is InChI=1S/C15H17ClN2O2S/c1-15(2,3)14-7-5-11(21-14)9-17-12-8-10(16)4-6-13(12)18(19)20/h4-8,17H,9H2,1-3H3. The molecule has 0 unspecified atom stereocenters. The quantitative estimate of drug-likeness (QED) is 0.619. The number of rotatable bonds is 4. The van der Waals surface area contributed by atoms with Crippen molar-refractivity contribution in [2.45, 2.75) is 32.7 Å². The smallest absolute Gasteiger partial charge is 0.292 e. The fourth-order valence-electron chi connectivity index (χ4n) is 1.87. The second kappa shape index (κ2) is 6.03. The fourth-order valence-corrected chi connectivity index (χ4v) is 3.04. The first-order valence-electron chi connectivity index (χ1n) is 6.54. The third kappa shape index (κ3) is 3.95. The molecule has 0 radical (unpaired) electrons. The van der Waals surface area contributed by atoms with Crippen molar-refractivity contribution in [3.63, 3.8) is 0 Å². The van der Waals surface area contributed by atoms with E-state index in [1.165, 1.54) is 17.0 Å². The maximum atomic E-state index is 11.0. The minimum atomic E-state index is -0.409. The molecular formula is C15H17ClN2O2S. The van der Waals surface area contributed by atoms with Gasteiger partial charge in [0, 0.05) is 27.4 Å². The number of thiophene rings is 1. The molecule has 1 aromatic carbocycles. The van der Waals surface area contributed by atoms with Crippen LogP contribution in [0.4, 0.5) is 11.4 Å². The second-order valence-corrected chi connectivity index (χ2v) is 7.39. The van der Waals surface area contributed by atoms with E-state index in [9.17, 15) is 10.1 Å². The summed E-state index contributed by atoms with van der Waals surface area (Å²) in [5, 5.41) is 14.6. The molecule has 0 spiro atoms. The van der Waals surface area contributed by atoms with Gasteiger partial charge in [-0.3, -0.25) is 10.1 Å². The molecule has 0 aliphatic heterocycles. The number of anilines is 1. The molecule has 0 fully saturated rings. The van der Waals surface area contributed by atoms with E-state index in [2.05, 4.69) is 38.2 Å². The van der Waals surface area contributed by atoms with Gasteiger partial charge in [0.05, 0.1) is 4.92 Å². The van der Waals surface area contributed by atoms with E-state index in [4.69, 9.17) is 11.6 Å². The Labute approximate surface area is 132 Å². The fraction of sp³-hybridized carbons (Fsp3) is 0.333. The Bertz CT molecular complexity index is 662. The number of nitrogens with one attached hydrogen (secondary N) is 1. The maximum Gasteiger partial charge on any atom is 0.292 e. The Kier molecular flexibility index (Phi) is 4.54. The van der Waals surface area contributed by atoms with Gasteiger partial charge in [0.25, 0.3) is 5.69 Å². The molecule has 0 saturated carbocycles. The zero-order chi connectivity index (χ0) is 15.6. The number of hydrogen-bond donors (Lipinski definition) is 1. The van der Waals surface area contributed by atoms with Gasteiger partial charge in [-0.05, 0) is 29.7 Å². The second-order valence-electron chi connectivity index (χ2n) is 5.79. The summed E-state index contributed by atoms with van der Waals surface area (Å²) in [7, 11) is 0. The number of nitro benzene ring substituents is 1. The minimum Gasteiger partial charge on any atom is -0.375 e. The summed E-state index contributed by atoms with van der Waals surface area (Å²) in [6.45, 7) is 7.04. The van der Waals surface area contributed by atoms with Crippen LogP contribution < -0.4 is 5.32 Å². The lowest BCUT2D eigenvalue weighted by Gasteiger charge is -2.15. The Morgan fingerprint density at radius 1 is 1.29 bits per heavy atom. The van der Waals surface area contributed by atoms with Crippen LogP contribution in [-0.4, -0.2) is 4.92 Å². The molecule has 6 heteroatoms. The predicted octanol–water partition coefficient (Wildman–Crippen LogP) is 5.22. The molecule has 0 aliphatic carbocycles. The molecular weight excluding hydrogens is 308 g/mol. The average molecular weight is 325 g/mol. The van der Waals surface area contributed by atoms with E-state index in [-0.39, 0.29) is 11.1 Å². The molecule has 1 aromatic heterocycles. The van der Waals surface area contributed by atoms with Crippen molar-refractivity contribution < 1.29 is 4.92 Å². The molecule has 0 atom stereocenters. The SMILES string of the molecule is CC(C)(C)c1ccc(CNc2cc(Cl)ccc2[N+](=O)[O-])s1. The topological polar surface area (TPSA) is 55.2 Å². The van der Waals surface area contributed by atoms with Crippen molar-refractivity contribution in [1.82, 2.24) is 0 Å². The lowest BCUT2D eigenvalue weighted by atomic mass is 9.95. The van der Waals surface area contributed by atoms with E-state index in [0.29, 0.717) is 17.3 Å². The van der Waals surface area contributed by atoms with Gasteiger partial charge >= 0.3 is 0 Å². The number of halogens is 1. The highest BCUT2D eigenvalue weighted by molar-refractivity contribution is 7.12. The molecule has 21 heavy (non-hydrogen) atoms. The number of nitrogens with zero attached hydrogens (tertiary/aromatic N) is 1. The summed E-state index contributed by atoms with van der Waals surface area (Å²) in [5.41, 5.74) is 0.593. The normalized spacial score (nSPS) is 11.4. The third-order valence-electron chi connectivity index (χ3n) is 3.01. The molecule has 2 rings (SSSR count). The molecule has 4 nitrogen and oxygen atoms in total. The Hall–Kier alpha value is -1.59. The van der Waals surface area contributed by atoms with E-state index in [1.54, 1.807) is 17.4 Å². The summed E-state index contributed by atoms with van der Waals surface area (Å²) in [5.74, 6) is 0. The van der Waals surface area contributed by atoms with Crippen LogP contribution in [0, 0.1) is 10.1 Å². The van der Waals surface area contributed by atoms with E-state index >= 15 is 0 Å². The van der Waals surface area contributed by atoms with Crippen molar-refractivity contribution in [2.75, 3.05) is 5.32 Å². The Morgan fingerprint density at radius 2 is 2.00 bits per heavy atom. The minimum absolute atomic E-state index is 0.0343. The van der Waals surface area contributed by atoms with Gasteiger partial charge in [0.1, 0.15) is 5.69 Å². The van der Waals surface area contributed by atoms with Gasteiger partial charge in [0.2, 0.25) is 0 Å².